The van der Waals surface area contributed by atoms with E-state index in [1.807, 2.05) is 64.1 Å². The third-order valence-electron chi connectivity index (χ3n) is 8.98. The summed E-state index contributed by atoms with van der Waals surface area (Å²) in [4.78, 5) is 44.1. The van der Waals surface area contributed by atoms with Crippen LogP contribution in [0, 0.1) is 27.7 Å². The Morgan fingerprint density at radius 3 is 2.40 bits per heavy atom. The van der Waals surface area contributed by atoms with E-state index >= 15 is 0 Å². The fourth-order valence-electron chi connectivity index (χ4n) is 6.41. The lowest BCUT2D eigenvalue weighted by Gasteiger charge is -2.35. The number of guanidine groups is 1. The molecule has 1 atom stereocenters. The Kier molecular flexibility index (Phi) is 12.3. The first-order chi connectivity index (χ1) is 24.2. The highest BCUT2D eigenvalue weighted by Gasteiger charge is 2.34. The van der Waals surface area contributed by atoms with E-state index in [2.05, 4.69) is 15.0 Å². The molecule has 282 valence electrons. The van der Waals surface area contributed by atoms with Crippen LogP contribution in [-0.2, 0) is 43.7 Å². The van der Waals surface area contributed by atoms with E-state index in [-0.39, 0.29) is 47.9 Å². The Balaban J connectivity index is 1.44. The molecule has 0 unspecified atom stereocenters. The van der Waals surface area contributed by atoms with Crippen molar-refractivity contribution in [3.63, 3.8) is 0 Å². The average molecular weight is 736 g/mol. The minimum Gasteiger partial charge on any atom is -0.487 e. The average Bonchev–Trinajstić information content (AvgIpc) is 3.02. The van der Waals surface area contributed by atoms with Crippen LogP contribution in [0.1, 0.15) is 92.8 Å². The number of fused-ring (bicyclic) bond motifs is 1. The summed E-state index contributed by atoms with van der Waals surface area (Å²) in [7, 11) is -4.09. The number of aliphatic imine (C=N–C) groups is 1. The van der Waals surface area contributed by atoms with Gasteiger partial charge in [-0.3, -0.25) is 14.6 Å². The van der Waals surface area contributed by atoms with Crippen molar-refractivity contribution in [1.82, 2.24) is 14.6 Å². The second-order valence-electron chi connectivity index (χ2n) is 15.2. The number of carbonyl (C=O) groups is 2. The summed E-state index contributed by atoms with van der Waals surface area (Å²) in [6.07, 6.45) is 3.87. The number of nitrogens with one attached hydrogen (secondary N) is 2. The zero-order chi connectivity index (χ0) is 38.6. The highest BCUT2D eigenvalue weighted by atomic mass is 32.2. The van der Waals surface area contributed by atoms with Gasteiger partial charge in [-0.25, -0.2) is 17.9 Å². The topological polar surface area (TPSA) is 171 Å². The number of aromatic nitrogens is 1. The monoisotopic (exact) mass is 735 g/mol. The molecule has 12 nitrogen and oxygen atoms in total. The normalized spacial score (nSPS) is 14.9. The number of nitrogens with zero attached hydrogens (tertiary/aromatic N) is 2. The molecule has 0 fully saturated rings. The molecule has 13 heteroatoms. The van der Waals surface area contributed by atoms with Crippen molar-refractivity contribution < 1.29 is 27.5 Å². The van der Waals surface area contributed by atoms with Gasteiger partial charge in [-0.05, 0) is 127 Å². The maximum Gasteiger partial charge on any atom is 0.329 e. The maximum atomic E-state index is 13.6. The second kappa shape index (κ2) is 15.9. The van der Waals surface area contributed by atoms with Crippen LogP contribution >= 0.6 is 0 Å². The minimum absolute atomic E-state index is 0.0633. The highest BCUT2D eigenvalue weighted by molar-refractivity contribution is 7.90. The zero-order valence-corrected chi connectivity index (χ0v) is 32.6. The van der Waals surface area contributed by atoms with E-state index in [0.717, 1.165) is 34.4 Å². The molecular formula is C39H53N5O7S. The molecule has 1 amide bonds. The van der Waals surface area contributed by atoms with E-state index in [4.69, 9.17) is 15.2 Å². The summed E-state index contributed by atoms with van der Waals surface area (Å²) in [5, 5.41) is 2.72. The Hall–Kier alpha value is -4.65. The molecule has 2 aromatic carbocycles. The number of hydrogen-bond acceptors (Lipinski definition) is 8. The van der Waals surface area contributed by atoms with Crippen molar-refractivity contribution in [2.75, 3.05) is 6.54 Å². The molecule has 4 rings (SSSR count). The van der Waals surface area contributed by atoms with Gasteiger partial charge in [-0.15, -0.1) is 0 Å². The second-order valence-corrected chi connectivity index (χ2v) is 16.8. The summed E-state index contributed by atoms with van der Waals surface area (Å²) in [5.41, 5.74) is 9.79. The van der Waals surface area contributed by atoms with Gasteiger partial charge in [0.1, 0.15) is 29.5 Å². The van der Waals surface area contributed by atoms with Gasteiger partial charge in [-0.2, -0.15) is 0 Å². The van der Waals surface area contributed by atoms with Crippen molar-refractivity contribution in [3.8, 4) is 5.75 Å². The van der Waals surface area contributed by atoms with Gasteiger partial charge in [-0.1, -0.05) is 30.3 Å². The smallest absolute Gasteiger partial charge is 0.329 e. The number of pyridine rings is 1. The van der Waals surface area contributed by atoms with Crippen molar-refractivity contribution in [1.29, 1.82) is 0 Å². The number of amides is 1. The molecule has 1 aromatic heterocycles. The number of rotatable bonds is 12. The molecule has 0 saturated heterocycles. The number of nitrogens with two attached hydrogens (primary N) is 1. The summed E-state index contributed by atoms with van der Waals surface area (Å²) < 4.78 is 42.7. The highest BCUT2D eigenvalue weighted by Crippen LogP contribution is 2.42. The molecule has 2 heterocycles. The quantitative estimate of drug-likeness (QED) is 0.104. The van der Waals surface area contributed by atoms with Crippen molar-refractivity contribution in [3.05, 3.63) is 91.9 Å². The van der Waals surface area contributed by atoms with E-state index in [1.165, 1.54) is 4.57 Å². The first-order valence-electron chi connectivity index (χ1n) is 17.6. The van der Waals surface area contributed by atoms with Gasteiger partial charge in [0.2, 0.25) is 11.9 Å². The van der Waals surface area contributed by atoms with Crippen molar-refractivity contribution in [2.24, 2.45) is 10.7 Å². The van der Waals surface area contributed by atoms with Crippen LogP contribution in [0.4, 0.5) is 0 Å². The molecule has 0 radical (unpaired) electrons. The van der Waals surface area contributed by atoms with Gasteiger partial charge in [0.05, 0.1) is 4.90 Å². The van der Waals surface area contributed by atoms with Gasteiger partial charge in [0.25, 0.3) is 15.6 Å². The largest absolute Gasteiger partial charge is 0.487 e. The van der Waals surface area contributed by atoms with E-state index in [1.54, 1.807) is 40.8 Å². The molecule has 1 aliphatic heterocycles. The zero-order valence-electron chi connectivity index (χ0n) is 31.8. The predicted octanol–water partition coefficient (Wildman–Crippen LogP) is 4.68. The Labute approximate surface area is 307 Å². The summed E-state index contributed by atoms with van der Waals surface area (Å²) in [6, 6.07) is 10.4. The van der Waals surface area contributed by atoms with Crippen LogP contribution in [0.15, 0.2) is 57.3 Å². The third kappa shape index (κ3) is 10.2. The SMILES string of the molecule is Cc1cc(Cc2ccccc2)c(=O)n(CC(=O)N[C@@H](CCCN=C(N)NS(=O)(=O)c2c(C)c(C)c3c(c2C)CCC(C)(C)O3)C(=O)OC(C)(C)C)c1. The molecule has 0 saturated carbocycles. The van der Waals surface area contributed by atoms with Crippen molar-refractivity contribution in [2.45, 2.75) is 123 Å². The summed E-state index contributed by atoms with van der Waals surface area (Å²) >= 11 is 0. The molecule has 3 aromatic rings. The number of sulfonamides is 1. The molecule has 0 spiro atoms. The molecule has 4 N–H and O–H groups in total. The van der Waals surface area contributed by atoms with Crippen LogP contribution in [0.5, 0.6) is 5.75 Å². The molecule has 0 aliphatic carbocycles. The van der Waals surface area contributed by atoms with Gasteiger partial charge in [0, 0.05) is 24.7 Å². The number of hydrogen-bond donors (Lipinski definition) is 3. The first-order valence-corrected chi connectivity index (χ1v) is 19.1. The van der Waals surface area contributed by atoms with Gasteiger partial charge >= 0.3 is 5.97 Å². The Morgan fingerprint density at radius 2 is 1.75 bits per heavy atom. The number of aryl methyl sites for hydroxylation is 1. The standard InChI is InChI=1S/C39H53N5O7S/c1-24-20-29(21-28-14-11-10-12-15-28)35(46)44(22-24)23-32(45)42-31(36(47)51-38(5,6)7)16-13-19-41-37(40)43-52(48,49)34-26(3)25(2)33-30(27(34)4)17-18-39(8,9)50-33/h10-12,14-15,20,22,31H,13,16-19,21,23H2,1-9H3,(H,42,45)(H3,40,41,43)/t31-/m0/s1. The lowest BCUT2D eigenvalue weighted by atomic mass is 9.88. The first kappa shape index (κ1) is 40.1. The summed E-state index contributed by atoms with van der Waals surface area (Å²) in [6.45, 7) is 16.2. The Morgan fingerprint density at radius 1 is 1.08 bits per heavy atom. The maximum absolute atomic E-state index is 13.6. The van der Waals surface area contributed by atoms with Crippen LogP contribution in [0.2, 0.25) is 0 Å². The molecule has 1 aliphatic rings. The predicted molar refractivity (Wildman–Crippen MR) is 202 cm³/mol. The van der Waals surface area contributed by atoms with Crippen LogP contribution in [-0.4, -0.2) is 54.6 Å². The van der Waals surface area contributed by atoms with E-state index in [9.17, 15) is 22.8 Å². The van der Waals surface area contributed by atoms with E-state index in [0.29, 0.717) is 29.5 Å². The summed E-state index contributed by atoms with van der Waals surface area (Å²) in [5.74, 6) is -0.738. The van der Waals surface area contributed by atoms with Gasteiger partial charge < -0.3 is 25.1 Å². The molecular weight excluding hydrogens is 683 g/mol. The number of esters is 1. The molecule has 0 bridgehead atoms. The van der Waals surface area contributed by atoms with Crippen molar-refractivity contribution >= 4 is 27.9 Å². The lowest BCUT2D eigenvalue weighted by Crippen LogP contribution is -2.46. The fraction of sp³-hybridized carbons (Fsp3) is 0.487. The number of carbonyl (C=O) groups excluding carboxylic acids is 2. The minimum atomic E-state index is -4.09. The molecule has 52 heavy (non-hydrogen) atoms. The third-order valence-corrected chi connectivity index (χ3v) is 10.6. The fourth-order valence-corrected chi connectivity index (χ4v) is 7.93. The van der Waals surface area contributed by atoms with E-state index < -0.39 is 33.5 Å². The van der Waals surface area contributed by atoms with Gasteiger partial charge in [0.15, 0.2) is 0 Å². The number of benzene rings is 2. The van der Waals surface area contributed by atoms with Crippen LogP contribution < -0.4 is 26.1 Å². The Bertz CT molecular complexity index is 2010. The van der Waals surface area contributed by atoms with Crippen LogP contribution in [0.3, 0.4) is 0 Å². The lowest BCUT2D eigenvalue weighted by molar-refractivity contribution is -0.158. The number of ether oxygens (including phenoxy) is 2. The van der Waals surface area contributed by atoms with Crippen LogP contribution in [0.25, 0.3) is 0 Å².